The average Bonchev–Trinajstić information content (AvgIpc) is 2.47. The molecule has 0 aliphatic carbocycles. The van der Waals surface area contributed by atoms with Crippen LogP contribution in [0.3, 0.4) is 0 Å². The second-order valence-corrected chi connectivity index (χ2v) is 5.42. The second-order valence-electron chi connectivity index (χ2n) is 5.42. The molecule has 2 heterocycles. The van der Waals surface area contributed by atoms with Gasteiger partial charge in [-0.05, 0) is 31.5 Å². The lowest BCUT2D eigenvalue weighted by Crippen LogP contribution is -2.42. The minimum absolute atomic E-state index is 0.0469. The SMILES string of the molecule is CCNC1CCN(c2ccnc(C(=O)N(C)C)c2)CC1. The Morgan fingerprint density at radius 1 is 1.45 bits per heavy atom. The molecule has 0 bridgehead atoms. The van der Waals surface area contributed by atoms with Crippen molar-refractivity contribution in [2.75, 3.05) is 38.6 Å². The first kappa shape index (κ1) is 14.8. The third-order valence-electron chi connectivity index (χ3n) is 3.72. The Labute approximate surface area is 121 Å². The summed E-state index contributed by atoms with van der Waals surface area (Å²) in [6.07, 6.45) is 4.02. The van der Waals surface area contributed by atoms with Crippen molar-refractivity contribution in [1.29, 1.82) is 0 Å². The summed E-state index contributed by atoms with van der Waals surface area (Å²) < 4.78 is 0. The molecule has 1 aromatic rings. The molecular weight excluding hydrogens is 252 g/mol. The van der Waals surface area contributed by atoms with Crippen molar-refractivity contribution < 1.29 is 4.79 Å². The Balaban J connectivity index is 2.03. The van der Waals surface area contributed by atoms with Crippen LogP contribution in [0.2, 0.25) is 0 Å². The van der Waals surface area contributed by atoms with E-state index in [0.29, 0.717) is 11.7 Å². The summed E-state index contributed by atoms with van der Waals surface area (Å²) in [5.74, 6) is -0.0469. The highest BCUT2D eigenvalue weighted by Crippen LogP contribution is 2.20. The minimum atomic E-state index is -0.0469. The first-order valence-electron chi connectivity index (χ1n) is 7.28. The fourth-order valence-corrected chi connectivity index (χ4v) is 2.59. The molecule has 0 aromatic carbocycles. The van der Waals surface area contributed by atoms with Crippen molar-refractivity contribution in [3.8, 4) is 0 Å². The highest BCUT2D eigenvalue weighted by atomic mass is 16.2. The van der Waals surface area contributed by atoms with Crippen LogP contribution in [0.1, 0.15) is 30.3 Å². The van der Waals surface area contributed by atoms with E-state index in [9.17, 15) is 4.79 Å². The highest BCUT2D eigenvalue weighted by molar-refractivity contribution is 5.92. The first-order valence-corrected chi connectivity index (χ1v) is 7.28. The first-order chi connectivity index (χ1) is 9.61. The smallest absolute Gasteiger partial charge is 0.272 e. The van der Waals surface area contributed by atoms with Gasteiger partial charge < -0.3 is 15.1 Å². The molecule has 1 aliphatic rings. The number of carbonyl (C=O) groups is 1. The van der Waals surface area contributed by atoms with E-state index in [0.717, 1.165) is 38.2 Å². The zero-order valence-corrected chi connectivity index (χ0v) is 12.6. The number of aromatic nitrogens is 1. The van der Waals surface area contributed by atoms with Gasteiger partial charge in [0.1, 0.15) is 5.69 Å². The molecule has 1 aromatic heterocycles. The lowest BCUT2D eigenvalue weighted by Gasteiger charge is -2.34. The summed E-state index contributed by atoms with van der Waals surface area (Å²) in [4.78, 5) is 20.0. The zero-order valence-electron chi connectivity index (χ0n) is 12.6. The van der Waals surface area contributed by atoms with Crippen LogP contribution < -0.4 is 10.2 Å². The van der Waals surface area contributed by atoms with Crippen LogP contribution >= 0.6 is 0 Å². The summed E-state index contributed by atoms with van der Waals surface area (Å²) in [5.41, 5.74) is 1.61. The molecule has 0 radical (unpaired) electrons. The molecule has 0 spiro atoms. The van der Waals surface area contributed by atoms with Gasteiger partial charge in [-0.25, -0.2) is 0 Å². The highest BCUT2D eigenvalue weighted by Gasteiger charge is 2.19. The van der Waals surface area contributed by atoms with Crippen molar-refractivity contribution >= 4 is 11.6 Å². The van der Waals surface area contributed by atoms with Gasteiger partial charge in [0.15, 0.2) is 0 Å². The third kappa shape index (κ3) is 3.48. The molecule has 0 unspecified atom stereocenters. The normalized spacial score (nSPS) is 16.2. The van der Waals surface area contributed by atoms with Gasteiger partial charge in [-0.1, -0.05) is 6.92 Å². The number of carbonyl (C=O) groups excluding carboxylic acids is 1. The van der Waals surface area contributed by atoms with Crippen LogP contribution in [0, 0.1) is 0 Å². The molecule has 1 N–H and O–H groups in total. The van der Waals surface area contributed by atoms with Gasteiger partial charge in [-0.3, -0.25) is 9.78 Å². The minimum Gasteiger partial charge on any atom is -0.371 e. The number of pyridine rings is 1. The quantitative estimate of drug-likeness (QED) is 0.902. The summed E-state index contributed by atoms with van der Waals surface area (Å²) in [6.45, 7) is 5.23. The van der Waals surface area contributed by atoms with E-state index in [1.54, 1.807) is 25.2 Å². The molecule has 0 saturated carbocycles. The Kier molecular flexibility index (Phi) is 4.95. The van der Waals surface area contributed by atoms with Crippen LogP contribution in [0.4, 0.5) is 5.69 Å². The van der Waals surface area contributed by atoms with Crippen molar-refractivity contribution in [2.45, 2.75) is 25.8 Å². The van der Waals surface area contributed by atoms with Crippen LogP contribution in [0.15, 0.2) is 18.3 Å². The van der Waals surface area contributed by atoms with E-state index in [1.807, 2.05) is 12.1 Å². The third-order valence-corrected chi connectivity index (χ3v) is 3.72. The van der Waals surface area contributed by atoms with E-state index >= 15 is 0 Å². The zero-order chi connectivity index (χ0) is 14.5. The summed E-state index contributed by atoms with van der Waals surface area (Å²) in [6, 6.07) is 4.51. The number of hydrogen-bond donors (Lipinski definition) is 1. The summed E-state index contributed by atoms with van der Waals surface area (Å²) in [7, 11) is 3.50. The molecule has 1 amide bonds. The standard InChI is InChI=1S/C15H24N4O/c1-4-16-12-6-9-19(10-7-12)13-5-8-17-14(11-13)15(20)18(2)3/h5,8,11-12,16H,4,6-7,9-10H2,1-3H3. The van der Waals surface area contributed by atoms with Gasteiger partial charge in [0.25, 0.3) is 5.91 Å². The maximum Gasteiger partial charge on any atom is 0.272 e. The van der Waals surface area contributed by atoms with Crippen LogP contribution in [0.5, 0.6) is 0 Å². The molecule has 5 heteroatoms. The Morgan fingerprint density at radius 3 is 2.75 bits per heavy atom. The molecule has 0 atom stereocenters. The molecular formula is C15H24N4O. The molecule has 20 heavy (non-hydrogen) atoms. The Morgan fingerprint density at radius 2 is 2.15 bits per heavy atom. The van der Waals surface area contributed by atoms with E-state index < -0.39 is 0 Å². The molecule has 110 valence electrons. The molecule has 5 nitrogen and oxygen atoms in total. The Bertz CT molecular complexity index is 453. The summed E-state index contributed by atoms with van der Waals surface area (Å²) in [5, 5.41) is 3.50. The van der Waals surface area contributed by atoms with Gasteiger partial charge in [-0.15, -0.1) is 0 Å². The molecule has 2 rings (SSSR count). The largest absolute Gasteiger partial charge is 0.371 e. The van der Waals surface area contributed by atoms with Crippen molar-refractivity contribution in [1.82, 2.24) is 15.2 Å². The monoisotopic (exact) mass is 276 g/mol. The van der Waals surface area contributed by atoms with Crippen molar-refractivity contribution in [2.24, 2.45) is 0 Å². The van der Waals surface area contributed by atoms with Crippen LogP contribution in [-0.4, -0.2) is 55.6 Å². The average molecular weight is 276 g/mol. The number of nitrogens with zero attached hydrogens (tertiary/aromatic N) is 3. The van der Waals surface area contributed by atoms with Crippen molar-refractivity contribution in [3.05, 3.63) is 24.0 Å². The number of amides is 1. The van der Waals surface area contributed by atoms with E-state index in [2.05, 4.69) is 22.1 Å². The van der Waals surface area contributed by atoms with Crippen molar-refractivity contribution in [3.63, 3.8) is 0 Å². The molecule has 1 saturated heterocycles. The fraction of sp³-hybridized carbons (Fsp3) is 0.600. The molecule has 1 fully saturated rings. The number of nitrogens with one attached hydrogen (secondary N) is 1. The van der Waals surface area contributed by atoms with Gasteiger partial charge in [-0.2, -0.15) is 0 Å². The number of hydrogen-bond acceptors (Lipinski definition) is 4. The van der Waals surface area contributed by atoms with Gasteiger partial charge >= 0.3 is 0 Å². The summed E-state index contributed by atoms with van der Waals surface area (Å²) >= 11 is 0. The van der Waals surface area contributed by atoms with E-state index in [4.69, 9.17) is 0 Å². The van der Waals surface area contributed by atoms with Gasteiger partial charge in [0.05, 0.1) is 0 Å². The van der Waals surface area contributed by atoms with E-state index in [-0.39, 0.29) is 5.91 Å². The van der Waals surface area contributed by atoms with Gasteiger partial charge in [0, 0.05) is 45.1 Å². The van der Waals surface area contributed by atoms with Crippen LogP contribution in [0.25, 0.3) is 0 Å². The van der Waals surface area contributed by atoms with Gasteiger partial charge in [0.2, 0.25) is 0 Å². The lowest BCUT2D eigenvalue weighted by molar-refractivity contribution is 0.0822. The van der Waals surface area contributed by atoms with E-state index in [1.165, 1.54) is 0 Å². The topological polar surface area (TPSA) is 48.5 Å². The maximum absolute atomic E-state index is 12.0. The molecule has 1 aliphatic heterocycles. The number of anilines is 1. The Hall–Kier alpha value is -1.62. The number of piperidine rings is 1. The number of rotatable bonds is 4. The maximum atomic E-state index is 12.0. The van der Waals surface area contributed by atoms with Crippen LogP contribution in [-0.2, 0) is 0 Å². The predicted molar refractivity (Wildman–Crippen MR) is 81.2 cm³/mol. The fourth-order valence-electron chi connectivity index (χ4n) is 2.59. The second kappa shape index (κ2) is 6.70. The lowest BCUT2D eigenvalue weighted by atomic mass is 10.0. The predicted octanol–water partition coefficient (Wildman–Crippen LogP) is 1.36.